The normalized spacial score (nSPS) is 12.5. The van der Waals surface area contributed by atoms with Crippen LogP contribution >= 0.6 is 0 Å². The molecule has 4 nitrogen and oxygen atoms in total. The molecule has 0 bridgehead atoms. The molecule has 25 heavy (non-hydrogen) atoms. The van der Waals surface area contributed by atoms with Crippen LogP contribution in [0.5, 0.6) is 5.75 Å². The van der Waals surface area contributed by atoms with Crippen molar-refractivity contribution in [2.45, 2.75) is 39.5 Å². The fraction of sp³-hybridized carbons (Fsp3) is 0.286. The van der Waals surface area contributed by atoms with Crippen LogP contribution < -0.4 is 15.6 Å². The number of hydrogen-bond donors (Lipinski definition) is 2. The first-order valence-corrected chi connectivity index (χ1v) is 8.64. The zero-order valence-corrected chi connectivity index (χ0v) is 14.9. The topological polar surface area (TPSA) is 54.1 Å². The number of H-pyrrole nitrogens is 1. The summed E-state index contributed by atoms with van der Waals surface area (Å²) in [5, 5.41) is 4.46. The van der Waals surface area contributed by atoms with Crippen LogP contribution in [-0.2, 0) is 6.54 Å². The van der Waals surface area contributed by atoms with Gasteiger partial charge in [0.25, 0.3) is 5.56 Å². The van der Waals surface area contributed by atoms with E-state index >= 15 is 0 Å². The van der Waals surface area contributed by atoms with Gasteiger partial charge in [-0.05, 0) is 56.0 Å². The highest BCUT2D eigenvalue weighted by molar-refractivity contribution is 5.78. The molecule has 0 saturated carbocycles. The first-order valence-electron chi connectivity index (χ1n) is 8.64. The van der Waals surface area contributed by atoms with E-state index in [4.69, 9.17) is 4.74 Å². The van der Waals surface area contributed by atoms with Gasteiger partial charge in [0.15, 0.2) is 0 Å². The Bertz CT molecular complexity index is 898. The molecule has 0 aliphatic rings. The second kappa shape index (κ2) is 7.53. The van der Waals surface area contributed by atoms with E-state index in [9.17, 15) is 4.79 Å². The van der Waals surface area contributed by atoms with E-state index in [0.717, 1.165) is 27.8 Å². The Morgan fingerprint density at radius 2 is 1.76 bits per heavy atom. The standard InChI is InChI=1S/C21H24N2O2/c1-14(2)25-19-10-8-16(9-11-19)15(3)22-13-18-12-17-6-4-5-7-20(17)23-21(18)24/h4-12,14-15,22H,13H2,1-3H3,(H,23,24). The molecule has 0 radical (unpaired) electrons. The van der Waals surface area contributed by atoms with E-state index in [1.54, 1.807) is 0 Å². The number of benzene rings is 2. The van der Waals surface area contributed by atoms with Gasteiger partial charge >= 0.3 is 0 Å². The summed E-state index contributed by atoms with van der Waals surface area (Å²) in [6.45, 7) is 6.64. The molecule has 3 aromatic rings. The van der Waals surface area contributed by atoms with Crippen LogP contribution in [0.15, 0.2) is 59.4 Å². The van der Waals surface area contributed by atoms with Crippen LogP contribution in [0.25, 0.3) is 10.9 Å². The molecule has 1 heterocycles. The Morgan fingerprint density at radius 1 is 1.04 bits per heavy atom. The Kier molecular flexibility index (Phi) is 5.19. The lowest BCUT2D eigenvalue weighted by molar-refractivity contribution is 0.242. The molecule has 130 valence electrons. The molecule has 0 saturated heterocycles. The first kappa shape index (κ1) is 17.2. The molecule has 1 unspecified atom stereocenters. The van der Waals surface area contributed by atoms with Crippen molar-refractivity contribution in [1.29, 1.82) is 0 Å². The molecular formula is C21H24N2O2. The van der Waals surface area contributed by atoms with Crippen LogP contribution in [-0.4, -0.2) is 11.1 Å². The maximum Gasteiger partial charge on any atom is 0.252 e. The summed E-state index contributed by atoms with van der Waals surface area (Å²) in [6, 6.07) is 18.0. The third kappa shape index (κ3) is 4.28. The van der Waals surface area contributed by atoms with Crippen molar-refractivity contribution in [3.05, 3.63) is 76.1 Å². The monoisotopic (exact) mass is 336 g/mol. The number of rotatable bonds is 6. The SMILES string of the molecule is CC(C)Oc1ccc(C(C)NCc2cc3ccccc3[nH]c2=O)cc1. The molecule has 0 amide bonds. The lowest BCUT2D eigenvalue weighted by Crippen LogP contribution is -2.23. The van der Waals surface area contributed by atoms with Gasteiger partial charge in [0.1, 0.15) is 5.75 Å². The molecule has 2 aromatic carbocycles. The summed E-state index contributed by atoms with van der Waals surface area (Å²) in [4.78, 5) is 15.2. The molecule has 0 aliphatic carbocycles. The molecule has 0 spiro atoms. The average Bonchev–Trinajstić information content (AvgIpc) is 2.59. The summed E-state index contributed by atoms with van der Waals surface area (Å²) in [5.74, 6) is 0.872. The summed E-state index contributed by atoms with van der Waals surface area (Å²) >= 11 is 0. The number of hydrogen-bond acceptors (Lipinski definition) is 3. The van der Waals surface area contributed by atoms with E-state index in [1.807, 2.05) is 56.3 Å². The van der Waals surface area contributed by atoms with E-state index in [0.29, 0.717) is 6.54 Å². The van der Waals surface area contributed by atoms with Gasteiger partial charge in [-0.3, -0.25) is 4.79 Å². The molecule has 1 aromatic heterocycles. The lowest BCUT2D eigenvalue weighted by Gasteiger charge is -2.16. The molecule has 2 N–H and O–H groups in total. The number of para-hydroxylation sites is 1. The third-order valence-electron chi connectivity index (χ3n) is 4.18. The van der Waals surface area contributed by atoms with Gasteiger partial charge in [-0.15, -0.1) is 0 Å². The molecule has 0 aliphatic heterocycles. The lowest BCUT2D eigenvalue weighted by atomic mass is 10.1. The largest absolute Gasteiger partial charge is 0.491 e. The Hall–Kier alpha value is -2.59. The maximum atomic E-state index is 12.2. The minimum atomic E-state index is -0.0425. The Morgan fingerprint density at radius 3 is 2.48 bits per heavy atom. The van der Waals surface area contributed by atoms with Crippen molar-refractivity contribution < 1.29 is 4.74 Å². The van der Waals surface area contributed by atoms with Crippen LogP contribution in [0.1, 0.15) is 37.9 Å². The van der Waals surface area contributed by atoms with E-state index < -0.39 is 0 Å². The van der Waals surface area contributed by atoms with Crippen molar-refractivity contribution in [2.75, 3.05) is 0 Å². The average molecular weight is 336 g/mol. The summed E-state index contributed by atoms with van der Waals surface area (Å²) in [7, 11) is 0. The quantitative estimate of drug-likeness (QED) is 0.710. The van der Waals surface area contributed by atoms with Crippen LogP contribution in [0.2, 0.25) is 0 Å². The summed E-state index contributed by atoms with van der Waals surface area (Å²) in [5.41, 5.74) is 2.72. The van der Waals surface area contributed by atoms with Gasteiger partial charge in [-0.25, -0.2) is 0 Å². The van der Waals surface area contributed by atoms with Crippen LogP contribution in [0, 0.1) is 0 Å². The van der Waals surface area contributed by atoms with Gasteiger partial charge in [0.2, 0.25) is 0 Å². The summed E-state index contributed by atoms with van der Waals surface area (Å²) in [6.07, 6.45) is 0.168. The fourth-order valence-electron chi connectivity index (χ4n) is 2.81. The van der Waals surface area contributed by atoms with Gasteiger partial charge in [0.05, 0.1) is 6.10 Å². The van der Waals surface area contributed by atoms with Crippen LogP contribution in [0.4, 0.5) is 0 Å². The van der Waals surface area contributed by atoms with E-state index in [-0.39, 0.29) is 17.7 Å². The highest BCUT2D eigenvalue weighted by atomic mass is 16.5. The van der Waals surface area contributed by atoms with Crippen molar-refractivity contribution in [1.82, 2.24) is 10.3 Å². The first-order chi connectivity index (χ1) is 12.0. The number of aromatic nitrogens is 1. The van der Waals surface area contributed by atoms with Crippen LogP contribution in [0.3, 0.4) is 0 Å². The number of fused-ring (bicyclic) bond motifs is 1. The minimum Gasteiger partial charge on any atom is -0.491 e. The molecule has 4 heteroatoms. The van der Waals surface area contributed by atoms with Crippen molar-refractivity contribution in [2.24, 2.45) is 0 Å². The molecular weight excluding hydrogens is 312 g/mol. The highest BCUT2D eigenvalue weighted by Gasteiger charge is 2.08. The Labute approximate surface area is 147 Å². The third-order valence-corrected chi connectivity index (χ3v) is 4.18. The second-order valence-electron chi connectivity index (χ2n) is 6.55. The van der Waals surface area contributed by atoms with Gasteiger partial charge in [-0.2, -0.15) is 0 Å². The molecule has 3 rings (SSSR count). The fourth-order valence-corrected chi connectivity index (χ4v) is 2.81. The second-order valence-corrected chi connectivity index (χ2v) is 6.55. The predicted molar refractivity (Wildman–Crippen MR) is 102 cm³/mol. The number of aromatic amines is 1. The van der Waals surface area contributed by atoms with Gasteiger partial charge < -0.3 is 15.0 Å². The van der Waals surface area contributed by atoms with Crippen molar-refractivity contribution in [3.63, 3.8) is 0 Å². The van der Waals surface area contributed by atoms with Gasteiger partial charge in [-0.1, -0.05) is 30.3 Å². The van der Waals surface area contributed by atoms with Crippen molar-refractivity contribution >= 4 is 10.9 Å². The van der Waals surface area contributed by atoms with Crippen molar-refractivity contribution in [3.8, 4) is 5.75 Å². The zero-order chi connectivity index (χ0) is 17.8. The number of pyridine rings is 1. The van der Waals surface area contributed by atoms with E-state index in [2.05, 4.69) is 29.4 Å². The smallest absolute Gasteiger partial charge is 0.252 e. The number of ether oxygens (including phenoxy) is 1. The zero-order valence-electron chi connectivity index (χ0n) is 14.9. The number of nitrogens with one attached hydrogen (secondary N) is 2. The van der Waals surface area contributed by atoms with E-state index in [1.165, 1.54) is 0 Å². The minimum absolute atomic E-state index is 0.0425. The predicted octanol–water partition coefficient (Wildman–Crippen LogP) is 4.17. The highest BCUT2D eigenvalue weighted by Crippen LogP contribution is 2.19. The van der Waals surface area contributed by atoms with Gasteiger partial charge in [0, 0.05) is 23.7 Å². The molecule has 1 atom stereocenters. The maximum absolute atomic E-state index is 12.2. The Balaban J connectivity index is 1.68. The molecule has 0 fully saturated rings. The summed E-state index contributed by atoms with van der Waals surface area (Å²) < 4.78 is 5.67.